The molecular formula is C6H3BrNO2. The highest BCUT2D eigenvalue weighted by Crippen LogP contribution is 2.22. The average Bonchev–Trinajstić information content (AvgIpc) is 1.88. The summed E-state index contributed by atoms with van der Waals surface area (Å²) in [5.74, 6) is 0. The summed E-state index contributed by atoms with van der Waals surface area (Å²) in [6, 6.07) is 7.12. The maximum absolute atomic E-state index is 10.2. The van der Waals surface area contributed by atoms with Gasteiger partial charge in [-0.3, -0.25) is 10.1 Å². The Morgan fingerprint density at radius 3 is 2.80 bits per heavy atom. The van der Waals surface area contributed by atoms with Crippen molar-refractivity contribution in [2.24, 2.45) is 0 Å². The normalized spacial score (nSPS) is 9.30. The lowest BCUT2D eigenvalue weighted by Crippen LogP contribution is -1.87. The smallest absolute Gasteiger partial charge is 0.258 e. The minimum absolute atomic E-state index is 0.0440. The number of halogens is 1. The second-order valence-electron chi connectivity index (χ2n) is 1.63. The van der Waals surface area contributed by atoms with E-state index in [4.69, 9.17) is 0 Å². The first kappa shape index (κ1) is 7.21. The van der Waals surface area contributed by atoms with Crippen molar-refractivity contribution >= 4 is 21.6 Å². The fraction of sp³-hybridized carbons (Fsp3) is 0. The summed E-state index contributed by atoms with van der Waals surface area (Å²) in [6.07, 6.45) is 0. The van der Waals surface area contributed by atoms with E-state index in [1.165, 1.54) is 6.07 Å². The van der Waals surface area contributed by atoms with Crippen LogP contribution in [-0.2, 0) is 0 Å². The van der Waals surface area contributed by atoms with Crippen LogP contribution in [0.5, 0.6) is 0 Å². The number of nitro benzene ring substituents is 1. The molecule has 51 valence electrons. The van der Waals surface area contributed by atoms with Crippen LogP contribution in [-0.4, -0.2) is 4.92 Å². The molecule has 0 N–H and O–H groups in total. The van der Waals surface area contributed by atoms with Gasteiger partial charge in [-0.1, -0.05) is 6.07 Å². The van der Waals surface area contributed by atoms with E-state index < -0.39 is 4.92 Å². The average molecular weight is 201 g/mol. The zero-order valence-electron chi connectivity index (χ0n) is 4.87. The molecule has 0 spiro atoms. The zero-order valence-corrected chi connectivity index (χ0v) is 6.46. The van der Waals surface area contributed by atoms with Gasteiger partial charge in [0, 0.05) is 6.07 Å². The Morgan fingerprint density at radius 2 is 2.40 bits per heavy atom. The van der Waals surface area contributed by atoms with Gasteiger partial charge in [0.05, 0.1) is 9.40 Å². The molecule has 0 aliphatic heterocycles. The fourth-order valence-electron chi connectivity index (χ4n) is 0.543. The monoisotopic (exact) mass is 200 g/mol. The first-order chi connectivity index (χ1) is 4.72. The summed E-state index contributed by atoms with van der Waals surface area (Å²) in [6.45, 7) is 0. The van der Waals surface area contributed by atoms with Crippen LogP contribution in [0, 0.1) is 16.2 Å². The summed E-state index contributed by atoms with van der Waals surface area (Å²) >= 11 is 3.04. The Labute approximate surface area is 66.0 Å². The number of rotatable bonds is 1. The Hall–Kier alpha value is -0.900. The van der Waals surface area contributed by atoms with Gasteiger partial charge in [-0.2, -0.15) is 0 Å². The standard InChI is InChI=1S/C6H3BrNO2/c7-5-3-1-2-4-6(5)8(9)10/h1,3-4H. The third kappa shape index (κ3) is 1.33. The summed E-state index contributed by atoms with van der Waals surface area (Å²) in [5.41, 5.74) is 0.0440. The highest BCUT2D eigenvalue weighted by molar-refractivity contribution is 9.10. The molecule has 0 aliphatic rings. The van der Waals surface area contributed by atoms with Gasteiger partial charge >= 0.3 is 0 Å². The van der Waals surface area contributed by atoms with Crippen molar-refractivity contribution in [2.75, 3.05) is 0 Å². The van der Waals surface area contributed by atoms with E-state index in [2.05, 4.69) is 22.0 Å². The van der Waals surface area contributed by atoms with Crippen LogP contribution in [0.25, 0.3) is 0 Å². The molecule has 1 aromatic carbocycles. The number of hydrogen-bond acceptors (Lipinski definition) is 2. The summed E-state index contributed by atoms with van der Waals surface area (Å²) in [7, 11) is 0. The number of nitro groups is 1. The van der Waals surface area contributed by atoms with Gasteiger partial charge in [-0.25, -0.2) is 0 Å². The maximum Gasteiger partial charge on any atom is 0.284 e. The third-order valence-corrected chi connectivity index (χ3v) is 1.66. The second-order valence-corrected chi connectivity index (χ2v) is 2.49. The third-order valence-electron chi connectivity index (χ3n) is 0.987. The first-order valence-electron chi connectivity index (χ1n) is 2.52. The van der Waals surface area contributed by atoms with E-state index in [0.29, 0.717) is 4.47 Å². The van der Waals surface area contributed by atoms with Crippen molar-refractivity contribution in [3.05, 3.63) is 38.9 Å². The maximum atomic E-state index is 10.2. The SMILES string of the molecule is O=[N+]([O-])c1c[c]ccc1Br. The van der Waals surface area contributed by atoms with Crippen LogP contribution < -0.4 is 0 Å². The highest BCUT2D eigenvalue weighted by atomic mass is 79.9. The Morgan fingerprint density at radius 1 is 1.70 bits per heavy atom. The van der Waals surface area contributed by atoms with Crippen LogP contribution in [0.4, 0.5) is 5.69 Å². The van der Waals surface area contributed by atoms with Crippen LogP contribution in [0.15, 0.2) is 22.7 Å². The molecule has 0 heterocycles. The fourth-order valence-corrected chi connectivity index (χ4v) is 0.934. The molecule has 1 rings (SSSR count). The number of benzene rings is 1. The van der Waals surface area contributed by atoms with Crippen molar-refractivity contribution < 1.29 is 4.92 Å². The first-order valence-corrected chi connectivity index (χ1v) is 3.31. The summed E-state index contributed by atoms with van der Waals surface area (Å²) in [5, 5.41) is 10.2. The lowest BCUT2D eigenvalue weighted by atomic mass is 10.3. The lowest BCUT2D eigenvalue weighted by Gasteiger charge is -1.90. The molecule has 0 atom stereocenters. The van der Waals surface area contributed by atoms with E-state index in [9.17, 15) is 10.1 Å². The molecule has 1 radical (unpaired) electrons. The number of nitrogens with zero attached hydrogens (tertiary/aromatic N) is 1. The molecule has 4 heteroatoms. The molecule has 0 unspecified atom stereocenters. The molecule has 10 heavy (non-hydrogen) atoms. The van der Waals surface area contributed by atoms with E-state index in [1.54, 1.807) is 12.1 Å². The van der Waals surface area contributed by atoms with Crippen LogP contribution in [0.2, 0.25) is 0 Å². The van der Waals surface area contributed by atoms with Crippen molar-refractivity contribution in [3.8, 4) is 0 Å². The number of hydrogen-bond donors (Lipinski definition) is 0. The Kier molecular flexibility index (Phi) is 2.01. The van der Waals surface area contributed by atoms with Crippen molar-refractivity contribution in [1.82, 2.24) is 0 Å². The van der Waals surface area contributed by atoms with Gasteiger partial charge in [-0.15, -0.1) is 0 Å². The van der Waals surface area contributed by atoms with E-state index >= 15 is 0 Å². The summed E-state index contributed by atoms with van der Waals surface area (Å²) in [4.78, 5) is 9.72. The quantitative estimate of drug-likeness (QED) is 0.516. The lowest BCUT2D eigenvalue weighted by molar-refractivity contribution is -0.385. The second kappa shape index (κ2) is 2.79. The highest BCUT2D eigenvalue weighted by Gasteiger charge is 2.07. The molecule has 0 amide bonds. The minimum atomic E-state index is -0.458. The van der Waals surface area contributed by atoms with Gasteiger partial charge in [0.25, 0.3) is 5.69 Å². The van der Waals surface area contributed by atoms with E-state index in [0.717, 1.165) is 0 Å². The molecule has 0 bridgehead atoms. The van der Waals surface area contributed by atoms with Crippen molar-refractivity contribution in [2.45, 2.75) is 0 Å². The Balaban J connectivity index is 3.15. The molecule has 1 aromatic rings. The van der Waals surface area contributed by atoms with Crippen LogP contribution in [0.1, 0.15) is 0 Å². The minimum Gasteiger partial charge on any atom is -0.258 e. The molecule has 3 nitrogen and oxygen atoms in total. The molecule has 0 aliphatic carbocycles. The van der Waals surface area contributed by atoms with Crippen molar-refractivity contribution in [3.63, 3.8) is 0 Å². The van der Waals surface area contributed by atoms with Gasteiger partial charge in [0.1, 0.15) is 0 Å². The Bertz CT molecular complexity index is 262. The van der Waals surface area contributed by atoms with Crippen LogP contribution in [0.3, 0.4) is 0 Å². The molecule has 0 saturated heterocycles. The van der Waals surface area contributed by atoms with Gasteiger partial charge in [0.2, 0.25) is 0 Å². The van der Waals surface area contributed by atoms with Crippen LogP contribution >= 0.6 is 15.9 Å². The molecule has 0 saturated carbocycles. The largest absolute Gasteiger partial charge is 0.284 e. The topological polar surface area (TPSA) is 43.1 Å². The molecule has 0 fully saturated rings. The van der Waals surface area contributed by atoms with Gasteiger partial charge in [-0.05, 0) is 28.1 Å². The molecule has 0 aromatic heterocycles. The zero-order chi connectivity index (χ0) is 7.56. The predicted molar refractivity (Wildman–Crippen MR) is 39.6 cm³/mol. The van der Waals surface area contributed by atoms with Gasteiger partial charge in [0.15, 0.2) is 0 Å². The van der Waals surface area contributed by atoms with Crippen molar-refractivity contribution in [1.29, 1.82) is 0 Å². The predicted octanol–water partition coefficient (Wildman–Crippen LogP) is 2.16. The summed E-state index contributed by atoms with van der Waals surface area (Å²) < 4.78 is 0.483. The van der Waals surface area contributed by atoms with Gasteiger partial charge < -0.3 is 0 Å². The van der Waals surface area contributed by atoms with E-state index in [-0.39, 0.29) is 5.69 Å². The van der Waals surface area contributed by atoms with E-state index in [1.807, 2.05) is 0 Å². The molecular weight excluding hydrogens is 198 g/mol.